The fourth-order valence-corrected chi connectivity index (χ4v) is 3.73. The molecule has 0 unspecified atom stereocenters. The van der Waals surface area contributed by atoms with Gasteiger partial charge in [-0.2, -0.15) is 0 Å². The number of piperidine rings is 1. The number of rotatable bonds is 5. The molecule has 2 atom stereocenters. The normalized spacial score (nSPS) is 20.0. The van der Waals surface area contributed by atoms with Crippen molar-refractivity contribution in [1.82, 2.24) is 9.88 Å². The SMILES string of the molecule is C[C@H]1CC[C@H](C(N)=O)CN1C(=O)c1csc(COc2ccc(Cl)cc2)n1. The average molecular weight is 394 g/mol. The van der Waals surface area contributed by atoms with Crippen LogP contribution in [0.2, 0.25) is 5.02 Å². The molecule has 2 aromatic rings. The van der Waals surface area contributed by atoms with E-state index in [9.17, 15) is 9.59 Å². The molecule has 2 heterocycles. The number of nitrogens with zero attached hydrogens (tertiary/aromatic N) is 2. The molecule has 0 saturated carbocycles. The van der Waals surface area contributed by atoms with Crippen molar-refractivity contribution in [2.45, 2.75) is 32.4 Å². The van der Waals surface area contributed by atoms with Crippen LogP contribution in [0, 0.1) is 5.92 Å². The first kappa shape index (κ1) is 18.7. The lowest BCUT2D eigenvalue weighted by molar-refractivity contribution is -0.123. The number of benzene rings is 1. The monoisotopic (exact) mass is 393 g/mol. The standard InChI is InChI=1S/C18H20ClN3O3S/c1-11-2-3-12(17(20)23)8-22(11)18(24)15-10-26-16(21-15)9-25-14-6-4-13(19)5-7-14/h4-7,10-12H,2-3,8-9H2,1H3,(H2,20,23)/t11-,12-/m0/s1. The van der Waals surface area contributed by atoms with Gasteiger partial charge in [0.1, 0.15) is 23.1 Å². The molecule has 1 aromatic heterocycles. The zero-order valence-electron chi connectivity index (χ0n) is 14.4. The molecule has 1 aromatic carbocycles. The molecule has 1 fully saturated rings. The number of carbonyl (C=O) groups is 2. The van der Waals surface area contributed by atoms with Gasteiger partial charge in [-0.15, -0.1) is 11.3 Å². The topological polar surface area (TPSA) is 85.5 Å². The summed E-state index contributed by atoms with van der Waals surface area (Å²) in [5.74, 6) is -0.129. The highest BCUT2D eigenvalue weighted by Gasteiger charge is 2.32. The van der Waals surface area contributed by atoms with Gasteiger partial charge in [-0.25, -0.2) is 4.98 Å². The minimum Gasteiger partial charge on any atom is -0.486 e. The fourth-order valence-electron chi connectivity index (χ4n) is 2.92. The van der Waals surface area contributed by atoms with Gasteiger partial charge in [-0.1, -0.05) is 11.6 Å². The number of primary amides is 1. The Kier molecular flexibility index (Phi) is 5.78. The summed E-state index contributed by atoms with van der Waals surface area (Å²) < 4.78 is 5.66. The van der Waals surface area contributed by atoms with E-state index in [-0.39, 0.29) is 30.4 Å². The highest BCUT2D eigenvalue weighted by molar-refractivity contribution is 7.09. The Labute approximate surface area is 160 Å². The summed E-state index contributed by atoms with van der Waals surface area (Å²) in [6, 6.07) is 7.12. The molecule has 6 nitrogen and oxygen atoms in total. The van der Waals surface area contributed by atoms with E-state index in [0.717, 1.165) is 12.8 Å². The van der Waals surface area contributed by atoms with Crippen LogP contribution in [0.4, 0.5) is 0 Å². The van der Waals surface area contributed by atoms with Crippen LogP contribution in [0.1, 0.15) is 35.3 Å². The highest BCUT2D eigenvalue weighted by Crippen LogP contribution is 2.24. The zero-order valence-corrected chi connectivity index (χ0v) is 15.9. The molecule has 8 heteroatoms. The van der Waals surface area contributed by atoms with E-state index in [1.807, 2.05) is 6.92 Å². The van der Waals surface area contributed by atoms with Gasteiger partial charge in [-0.05, 0) is 44.0 Å². The largest absolute Gasteiger partial charge is 0.486 e. The number of carbonyl (C=O) groups excluding carboxylic acids is 2. The number of ether oxygens (including phenoxy) is 1. The third-order valence-electron chi connectivity index (χ3n) is 4.49. The van der Waals surface area contributed by atoms with Gasteiger partial charge in [0.15, 0.2) is 0 Å². The molecular formula is C18H20ClN3O3S. The Hall–Kier alpha value is -2.12. The van der Waals surface area contributed by atoms with Crippen molar-refractivity contribution >= 4 is 34.8 Å². The minimum absolute atomic E-state index is 0.0635. The van der Waals surface area contributed by atoms with E-state index >= 15 is 0 Å². The summed E-state index contributed by atoms with van der Waals surface area (Å²) in [6.07, 6.45) is 1.48. The van der Waals surface area contributed by atoms with Gasteiger partial charge < -0.3 is 15.4 Å². The maximum atomic E-state index is 12.8. The molecule has 1 aliphatic heterocycles. The second-order valence-corrected chi connectivity index (χ2v) is 7.73. The zero-order chi connectivity index (χ0) is 18.7. The Morgan fingerprint density at radius 1 is 1.35 bits per heavy atom. The van der Waals surface area contributed by atoms with Crippen molar-refractivity contribution in [3.05, 3.63) is 45.4 Å². The lowest BCUT2D eigenvalue weighted by Gasteiger charge is -2.36. The van der Waals surface area contributed by atoms with Gasteiger partial charge in [0, 0.05) is 23.0 Å². The number of hydrogen-bond donors (Lipinski definition) is 1. The molecule has 0 bridgehead atoms. The number of hydrogen-bond acceptors (Lipinski definition) is 5. The van der Waals surface area contributed by atoms with E-state index in [1.54, 1.807) is 34.5 Å². The first-order chi connectivity index (χ1) is 12.4. The molecule has 26 heavy (non-hydrogen) atoms. The maximum Gasteiger partial charge on any atom is 0.273 e. The smallest absolute Gasteiger partial charge is 0.273 e. The minimum atomic E-state index is -0.356. The predicted molar refractivity (Wildman–Crippen MR) is 100 cm³/mol. The van der Waals surface area contributed by atoms with Crippen molar-refractivity contribution in [3.8, 4) is 5.75 Å². The van der Waals surface area contributed by atoms with Crippen LogP contribution < -0.4 is 10.5 Å². The van der Waals surface area contributed by atoms with Crippen molar-refractivity contribution in [1.29, 1.82) is 0 Å². The summed E-state index contributed by atoms with van der Waals surface area (Å²) in [5.41, 5.74) is 5.78. The third-order valence-corrected chi connectivity index (χ3v) is 5.57. The van der Waals surface area contributed by atoms with Crippen molar-refractivity contribution in [2.75, 3.05) is 6.54 Å². The molecular weight excluding hydrogens is 374 g/mol. The van der Waals surface area contributed by atoms with Gasteiger partial charge in [-0.3, -0.25) is 9.59 Å². The van der Waals surface area contributed by atoms with E-state index in [4.69, 9.17) is 22.1 Å². The van der Waals surface area contributed by atoms with Crippen LogP contribution in [-0.2, 0) is 11.4 Å². The molecule has 0 spiro atoms. The summed E-state index contributed by atoms with van der Waals surface area (Å²) in [6.45, 7) is 2.61. The highest BCUT2D eigenvalue weighted by atomic mass is 35.5. The molecule has 1 aliphatic rings. The first-order valence-corrected chi connectivity index (χ1v) is 9.63. The molecule has 2 N–H and O–H groups in total. The predicted octanol–water partition coefficient (Wildman–Crippen LogP) is 3.10. The molecule has 0 aliphatic carbocycles. The van der Waals surface area contributed by atoms with Crippen LogP contribution in [-0.4, -0.2) is 34.3 Å². The number of amides is 2. The van der Waals surface area contributed by atoms with E-state index in [2.05, 4.69) is 4.98 Å². The van der Waals surface area contributed by atoms with Crippen LogP contribution in [0.15, 0.2) is 29.6 Å². The van der Waals surface area contributed by atoms with Crippen molar-refractivity contribution in [3.63, 3.8) is 0 Å². The Balaban J connectivity index is 1.63. The summed E-state index contributed by atoms with van der Waals surface area (Å²) in [4.78, 5) is 30.3. The second kappa shape index (κ2) is 8.05. The van der Waals surface area contributed by atoms with E-state index in [1.165, 1.54) is 11.3 Å². The third kappa shape index (κ3) is 4.34. The number of thiazole rings is 1. The van der Waals surface area contributed by atoms with Crippen molar-refractivity contribution < 1.29 is 14.3 Å². The Morgan fingerprint density at radius 2 is 2.08 bits per heavy atom. The van der Waals surface area contributed by atoms with Crippen molar-refractivity contribution in [2.24, 2.45) is 11.7 Å². The summed E-state index contributed by atoms with van der Waals surface area (Å²) >= 11 is 7.22. The molecule has 138 valence electrons. The van der Waals surface area contributed by atoms with Gasteiger partial charge in [0.05, 0.1) is 5.92 Å². The van der Waals surface area contributed by atoms with Crippen LogP contribution >= 0.6 is 22.9 Å². The number of halogens is 1. The quantitative estimate of drug-likeness (QED) is 0.845. The summed E-state index contributed by atoms with van der Waals surface area (Å²) in [5, 5.41) is 3.08. The first-order valence-electron chi connectivity index (χ1n) is 8.37. The van der Waals surface area contributed by atoms with Crippen LogP contribution in [0.3, 0.4) is 0 Å². The second-order valence-electron chi connectivity index (χ2n) is 6.35. The van der Waals surface area contributed by atoms with E-state index in [0.29, 0.717) is 28.0 Å². The average Bonchev–Trinajstić information content (AvgIpc) is 3.10. The molecule has 2 amide bonds. The summed E-state index contributed by atoms with van der Waals surface area (Å²) in [7, 11) is 0. The molecule has 3 rings (SSSR count). The van der Waals surface area contributed by atoms with Gasteiger partial charge in [0.25, 0.3) is 5.91 Å². The van der Waals surface area contributed by atoms with E-state index < -0.39 is 0 Å². The maximum absolute atomic E-state index is 12.8. The number of aromatic nitrogens is 1. The lowest BCUT2D eigenvalue weighted by Crippen LogP contribution is -2.48. The Morgan fingerprint density at radius 3 is 2.77 bits per heavy atom. The van der Waals surface area contributed by atoms with Gasteiger partial charge >= 0.3 is 0 Å². The lowest BCUT2D eigenvalue weighted by atomic mass is 9.93. The molecule has 0 radical (unpaired) electrons. The van der Waals surface area contributed by atoms with Crippen LogP contribution in [0.5, 0.6) is 5.75 Å². The number of nitrogens with two attached hydrogens (primary N) is 1. The molecule has 1 saturated heterocycles. The van der Waals surface area contributed by atoms with Crippen LogP contribution in [0.25, 0.3) is 0 Å². The Bertz CT molecular complexity index is 793. The van der Waals surface area contributed by atoms with Gasteiger partial charge in [0.2, 0.25) is 5.91 Å². The number of likely N-dealkylation sites (tertiary alicyclic amines) is 1. The fraction of sp³-hybridized carbons (Fsp3) is 0.389.